The van der Waals surface area contributed by atoms with Crippen molar-refractivity contribution in [1.82, 2.24) is 19.9 Å². The molecule has 1 saturated heterocycles. The quantitative estimate of drug-likeness (QED) is 0.357. The van der Waals surface area contributed by atoms with Crippen LogP contribution in [0.25, 0.3) is 22.0 Å². The molecule has 0 aliphatic carbocycles. The van der Waals surface area contributed by atoms with E-state index in [1.54, 1.807) is 17.2 Å². The van der Waals surface area contributed by atoms with Crippen molar-refractivity contribution in [2.45, 2.75) is 19.3 Å². The molecule has 0 saturated carbocycles. The first-order valence-electron chi connectivity index (χ1n) is 12.1. The number of fused-ring (bicyclic) bond motifs is 2. The van der Waals surface area contributed by atoms with Gasteiger partial charge in [-0.15, -0.1) is 0 Å². The molecule has 2 aliphatic rings. The van der Waals surface area contributed by atoms with E-state index in [1.807, 2.05) is 38.2 Å². The second kappa shape index (κ2) is 8.88. The van der Waals surface area contributed by atoms with E-state index < -0.39 is 5.82 Å². The smallest absolute Gasteiger partial charge is 0.237 e. The topological polar surface area (TPSA) is 118 Å². The Morgan fingerprint density at radius 2 is 2.00 bits per heavy atom. The molecule has 37 heavy (non-hydrogen) atoms. The van der Waals surface area contributed by atoms with E-state index in [2.05, 4.69) is 25.6 Å². The third-order valence-electron chi connectivity index (χ3n) is 7.10. The van der Waals surface area contributed by atoms with Gasteiger partial charge >= 0.3 is 0 Å². The Labute approximate surface area is 212 Å². The number of nitrogen functional groups attached to an aromatic ring is 1. The molecule has 0 spiro atoms. The number of hydrogen-bond donors (Lipinski definition) is 3. The molecule has 2 aliphatic heterocycles. The zero-order chi connectivity index (χ0) is 25.7. The number of anilines is 4. The second-order valence-corrected chi connectivity index (χ2v) is 9.38. The summed E-state index contributed by atoms with van der Waals surface area (Å²) in [5, 5.41) is 6.89. The van der Waals surface area contributed by atoms with Crippen LogP contribution in [0.15, 0.2) is 42.7 Å². The molecule has 2 aromatic heterocycles. The van der Waals surface area contributed by atoms with E-state index in [4.69, 9.17) is 10.5 Å². The normalized spacial score (nSPS) is 16.9. The van der Waals surface area contributed by atoms with Crippen molar-refractivity contribution in [1.29, 1.82) is 0 Å². The fourth-order valence-corrected chi connectivity index (χ4v) is 4.98. The maximum Gasteiger partial charge on any atom is 0.237 e. The van der Waals surface area contributed by atoms with Gasteiger partial charge in [0, 0.05) is 54.7 Å². The molecule has 4 N–H and O–H groups in total. The van der Waals surface area contributed by atoms with Crippen molar-refractivity contribution in [3.8, 4) is 17.0 Å². The number of benzene rings is 2. The summed E-state index contributed by atoms with van der Waals surface area (Å²) in [5.74, 6) is 0.360. The lowest BCUT2D eigenvalue weighted by Crippen LogP contribution is -2.21. The van der Waals surface area contributed by atoms with Crippen LogP contribution in [0, 0.1) is 12.7 Å². The molecule has 1 fully saturated rings. The van der Waals surface area contributed by atoms with Crippen LogP contribution in [-0.2, 0) is 4.79 Å². The van der Waals surface area contributed by atoms with E-state index in [1.165, 1.54) is 6.20 Å². The lowest BCUT2D eigenvalue weighted by atomic mass is 9.97. The predicted molar refractivity (Wildman–Crippen MR) is 141 cm³/mol. The number of nitrogens with two attached hydrogens (primary N) is 1. The van der Waals surface area contributed by atoms with Gasteiger partial charge in [-0.25, -0.2) is 19.3 Å². The zero-order valence-electron chi connectivity index (χ0n) is 20.5. The number of likely N-dealkylation sites (N-methyl/N-ethyl adjacent to an activating group) is 1. The van der Waals surface area contributed by atoms with E-state index in [9.17, 15) is 4.79 Å². The Bertz CT molecular complexity index is 1540. The highest BCUT2D eigenvalue weighted by Gasteiger charge is 2.30. The highest BCUT2D eigenvalue weighted by molar-refractivity contribution is 5.96. The van der Waals surface area contributed by atoms with Crippen LogP contribution < -0.4 is 21.1 Å². The zero-order valence-corrected chi connectivity index (χ0v) is 20.5. The molecule has 10 heteroatoms. The first-order valence-corrected chi connectivity index (χ1v) is 12.1. The Hall–Kier alpha value is -4.47. The number of hydrogen-bond acceptors (Lipinski definition) is 8. The number of aromatic nitrogens is 3. The van der Waals surface area contributed by atoms with E-state index in [0.717, 1.165) is 35.5 Å². The fourth-order valence-electron chi connectivity index (χ4n) is 4.98. The number of rotatable bonds is 4. The molecular weight excluding hydrogens is 473 g/mol. The summed E-state index contributed by atoms with van der Waals surface area (Å²) in [4.78, 5) is 27.4. The van der Waals surface area contributed by atoms with E-state index >= 15 is 4.39 Å². The highest BCUT2D eigenvalue weighted by Crippen LogP contribution is 2.39. The Morgan fingerprint density at radius 1 is 1.19 bits per heavy atom. The number of ether oxygens (including phenoxy) is 1. The van der Waals surface area contributed by atoms with Gasteiger partial charge in [-0.2, -0.15) is 0 Å². The average molecular weight is 500 g/mol. The van der Waals surface area contributed by atoms with E-state index in [-0.39, 0.29) is 17.5 Å². The molecule has 9 nitrogen and oxygen atoms in total. The third kappa shape index (κ3) is 3.94. The number of carbonyl (C=O) groups excluding carboxylic acids is 1. The minimum Gasteiger partial charge on any atom is -0.474 e. The number of nitrogens with one attached hydrogen (secondary N) is 2. The first kappa shape index (κ1) is 23.0. The van der Waals surface area contributed by atoms with Crippen LogP contribution >= 0.6 is 0 Å². The van der Waals surface area contributed by atoms with Gasteiger partial charge in [0.15, 0.2) is 5.82 Å². The molecule has 4 heterocycles. The molecule has 1 atom stereocenters. The van der Waals surface area contributed by atoms with Crippen LogP contribution in [0.1, 0.15) is 23.5 Å². The first-order chi connectivity index (χ1) is 17.9. The summed E-state index contributed by atoms with van der Waals surface area (Å²) in [6.45, 7) is 3.84. The molecule has 188 valence electrons. The van der Waals surface area contributed by atoms with Crippen molar-refractivity contribution in [2.75, 3.05) is 43.1 Å². The SMILES string of the molecule is Cc1c(-c2cc3nc(Nc4ccc([C@@H]5CCN(C)C5=O)cc4)ncc3c(N)c2F)cnc2c1NCCO2. The van der Waals surface area contributed by atoms with Crippen molar-refractivity contribution in [3.63, 3.8) is 0 Å². The summed E-state index contributed by atoms with van der Waals surface area (Å²) in [6.07, 6.45) is 3.93. The minimum absolute atomic E-state index is 0.0177. The van der Waals surface area contributed by atoms with Gasteiger partial charge in [-0.1, -0.05) is 12.1 Å². The Morgan fingerprint density at radius 3 is 2.76 bits per heavy atom. The van der Waals surface area contributed by atoms with Gasteiger partial charge in [0.2, 0.25) is 17.7 Å². The summed E-state index contributed by atoms with van der Waals surface area (Å²) >= 11 is 0. The monoisotopic (exact) mass is 499 g/mol. The standard InChI is InChI=1S/C27H26FN7O2/c1-14-19(12-31-25-24(14)30-8-10-37-25)18-11-21-20(23(29)22(18)28)13-32-27(34-21)33-16-5-3-15(4-6-16)17-7-9-35(2)26(17)36/h3-6,11-13,17,30H,7-10,29H2,1-2H3,(H,32,33,34)/t17-/m0/s1. The number of nitrogens with zero attached hydrogens (tertiary/aromatic N) is 4. The summed E-state index contributed by atoms with van der Waals surface area (Å²) in [7, 11) is 1.83. The van der Waals surface area contributed by atoms with Crippen LogP contribution in [-0.4, -0.2) is 52.5 Å². The van der Waals surface area contributed by atoms with Crippen LogP contribution in [0.5, 0.6) is 5.88 Å². The lowest BCUT2D eigenvalue weighted by molar-refractivity contribution is -0.127. The molecule has 4 aromatic rings. The van der Waals surface area contributed by atoms with Gasteiger partial charge in [0.05, 0.1) is 17.1 Å². The van der Waals surface area contributed by atoms with Gasteiger partial charge in [-0.05, 0) is 42.7 Å². The van der Waals surface area contributed by atoms with Gasteiger partial charge in [0.25, 0.3) is 0 Å². The largest absolute Gasteiger partial charge is 0.474 e. The summed E-state index contributed by atoms with van der Waals surface area (Å²) in [5.41, 5.74) is 10.9. The second-order valence-electron chi connectivity index (χ2n) is 9.38. The highest BCUT2D eigenvalue weighted by atomic mass is 19.1. The van der Waals surface area contributed by atoms with Crippen LogP contribution in [0.4, 0.5) is 27.4 Å². The summed E-state index contributed by atoms with van der Waals surface area (Å²) < 4.78 is 21.0. The van der Waals surface area contributed by atoms with E-state index in [0.29, 0.717) is 47.0 Å². The number of carbonyl (C=O) groups is 1. The molecule has 0 unspecified atom stereocenters. The predicted octanol–water partition coefficient (Wildman–Crippen LogP) is 4.22. The molecule has 2 aromatic carbocycles. The number of halogens is 1. The Balaban J connectivity index is 1.32. The summed E-state index contributed by atoms with van der Waals surface area (Å²) in [6, 6.07) is 9.35. The molecule has 0 bridgehead atoms. The van der Waals surface area contributed by atoms with Crippen molar-refractivity contribution in [2.24, 2.45) is 0 Å². The fraction of sp³-hybridized carbons (Fsp3) is 0.259. The average Bonchev–Trinajstić information content (AvgIpc) is 3.25. The third-order valence-corrected chi connectivity index (χ3v) is 7.10. The van der Waals surface area contributed by atoms with Crippen molar-refractivity contribution in [3.05, 3.63) is 59.7 Å². The molecule has 6 rings (SSSR count). The van der Waals surface area contributed by atoms with Gasteiger partial charge in [-0.3, -0.25) is 4.79 Å². The van der Waals surface area contributed by atoms with Crippen molar-refractivity contribution >= 4 is 39.8 Å². The van der Waals surface area contributed by atoms with Crippen LogP contribution in [0.2, 0.25) is 0 Å². The Kier molecular flexibility index (Phi) is 5.51. The molecule has 1 amide bonds. The minimum atomic E-state index is -0.541. The van der Waals surface area contributed by atoms with Gasteiger partial charge in [0.1, 0.15) is 12.3 Å². The maximum absolute atomic E-state index is 15.4. The van der Waals surface area contributed by atoms with Crippen LogP contribution in [0.3, 0.4) is 0 Å². The lowest BCUT2D eigenvalue weighted by Gasteiger charge is -2.22. The number of pyridine rings is 1. The van der Waals surface area contributed by atoms with Gasteiger partial charge < -0.3 is 26.0 Å². The maximum atomic E-state index is 15.4. The number of amides is 1. The molecular formula is C27H26FN7O2. The number of likely N-dealkylation sites (tertiary alicyclic amines) is 1. The molecule has 0 radical (unpaired) electrons. The van der Waals surface area contributed by atoms with Crippen molar-refractivity contribution < 1.29 is 13.9 Å².